The van der Waals surface area contributed by atoms with E-state index in [1.807, 2.05) is 6.92 Å². The Bertz CT molecular complexity index is 867. The number of aryl methyl sites for hydroxylation is 1. The van der Waals surface area contributed by atoms with E-state index in [-0.39, 0.29) is 9.79 Å². The van der Waals surface area contributed by atoms with Crippen molar-refractivity contribution in [1.29, 1.82) is 0 Å². The zero-order valence-electron chi connectivity index (χ0n) is 12.1. The number of sulfonamides is 1. The van der Waals surface area contributed by atoms with E-state index < -0.39 is 25.3 Å². The SMILES string of the molecule is Cc1ccc(S(=O)(=O)N=[S@@](=O)(c2ccccc2)[C@@H](C)F)cc1. The van der Waals surface area contributed by atoms with Crippen molar-refractivity contribution >= 4 is 19.8 Å². The maximum atomic E-state index is 13.9. The second-order valence-corrected chi connectivity index (χ2v) is 9.06. The standard InChI is InChI=1S/C15H16FNO3S2/c1-12-8-10-15(11-9-12)22(19,20)17-21(18,13(2)16)14-6-4-3-5-7-14/h3-11,13H,1-2H3/t13-,21-/m0/s1. The number of hydrogen-bond acceptors (Lipinski definition) is 3. The van der Waals surface area contributed by atoms with Gasteiger partial charge in [0.05, 0.1) is 9.79 Å². The first-order valence-electron chi connectivity index (χ1n) is 6.54. The van der Waals surface area contributed by atoms with Crippen LogP contribution in [-0.4, -0.2) is 18.1 Å². The van der Waals surface area contributed by atoms with Gasteiger partial charge in [0.1, 0.15) is 9.73 Å². The Hall–Kier alpha value is -1.73. The Balaban J connectivity index is 2.65. The third kappa shape index (κ3) is 3.36. The van der Waals surface area contributed by atoms with Gasteiger partial charge < -0.3 is 0 Å². The second kappa shape index (κ2) is 6.18. The summed E-state index contributed by atoms with van der Waals surface area (Å²) in [5.41, 5.74) is -1.04. The first kappa shape index (κ1) is 16.6. The molecule has 4 nitrogen and oxygen atoms in total. The van der Waals surface area contributed by atoms with E-state index in [0.29, 0.717) is 0 Å². The molecule has 2 aromatic rings. The molecule has 22 heavy (non-hydrogen) atoms. The summed E-state index contributed by atoms with van der Waals surface area (Å²) < 4.78 is 54.8. The minimum atomic E-state index is -4.22. The zero-order chi connectivity index (χ0) is 16.4. The van der Waals surface area contributed by atoms with E-state index >= 15 is 0 Å². The Kier molecular flexibility index (Phi) is 4.67. The van der Waals surface area contributed by atoms with Gasteiger partial charge in [0.25, 0.3) is 10.0 Å². The molecule has 2 atom stereocenters. The maximum absolute atomic E-state index is 13.9. The summed E-state index contributed by atoms with van der Waals surface area (Å²) in [5.74, 6) is 0. The lowest BCUT2D eigenvalue weighted by atomic mass is 10.2. The van der Waals surface area contributed by atoms with Crippen molar-refractivity contribution in [3.8, 4) is 0 Å². The highest BCUT2D eigenvalue weighted by Crippen LogP contribution is 2.24. The molecule has 0 amide bonds. The molecule has 0 saturated heterocycles. The molecule has 2 rings (SSSR count). The van der Waals surface area contributed by atoms with Crippen molar-refractivity contribution < 1.29 is 17.0 Å². The molecule has 0 heterocycles. The normalized spacial score (nSPS) is 15.8. The lowest BCUT2D eigenvalue weighted by Gasteiger charge is -2.11. The predicted molar refractivity (Wildman–Crippen MR) is 84.2 cm³/mol. The van der Waals surface area contributed by atoms with Crippen LogP contribution in [0.2, 0.25) is 0 Å². The van der Waals surface area contributed by atoms with Crippen LogP contribution in [0, 0.1) is 6.92 Å². The molecule has 0 aromatic heterocycles. The van der Waals surface area contributed by atoms with Gasteiger partial charge in [0.15, 0.2) is 5.50 Å². The van der Waals surface area contributed by atoms with Crippen LogP contribution in [0.25, 0.3) is 0 Å². The number of halogens is 1. The summed E-state index contributed by atoms with van der Waals surface area (Å²) in [6.45, 7) is 2.85. The largest absolute Gasteiger partial charge is 0.290 e. The molecule has 0 aliphatic rings. The third-order valence-electron chi connectivity index (χ3n) is 3.05. The number of hydrogen-bond donors (Lipinski definition) is 0. The smallest absolute Gasteiger partial charge is 0.241 e. The number of nitrogens with zero attached hydrogens (tertiary/aromatic N) is 1. The van der Waals surface area contributed by atoms with Crippen molar-refractivity contribution in [2.45, 2.75) is 29.1 Å². The molecule has 118 valence electrons. The number of benzene rings is 2. The molecular weight excluding hydrogens is 325 g/mol. The fraction of sp³-hybridized carbons (Fsp3) is 0.200. The summed E-state index contributed by atoms with van der Waals surface area (Å²) in [5, 5.41) is 0. The average molecular weight is 341 g/mol. The van der Waals surface area contributed by atoms with Crippen molar-refractivity contribution in [1.82, 2.24) is 0 Å². The van der Waals surface area contributed by atoms with Crippen molar-refractivity contribution in [2.75, 3.05) is 0 Å². The molecule has 2 aromatic carbocycles. The first-order valence-corrected chi connectivity index (χ1v) is 9.55. The summed E-state index contributed by atoms with van der Waals surface area (Å²) in [7, 11) is -7.95. The molecule has 0 saturated carbocycles. The molecular formula is C15H16FNO3S2. The van der Waals surface area contributed by atoms with Gasteiger partial charge in [-0.05, 0) is 38.1 Å². The molecule has 0 aliphatic carbocycles. The van der Waals surface area contributed by atoms with Crippen LogP contribution in [0.5, 0.6) is 0 Å². The Morgan fingerprint density at radius 1 is 0.909 bits per heavy atom. The van der Waals surface area contributed by atoms with E-state index in [1.165, 1.54) is 24.3 Å². The van der Waals surface area contributed by atoms with Crippen LogP contribution in [0.4, 0.5) is 4.39 Å². The van der Waals surface area contributed by atoms with Crippen molar-refractivity contribution in [3.63, 3.8) is 0 Å². The fourth-order valence-electron chi connectivity index (χ4n) is 1.80. The zero-order valence-corrected chi connectivity index (χ0v) is 13.8. The molecule has 0 bridgehead atoms. The van der Waals surface area contributed by atoms with Gasteiger partial charge >= 0.3 is 0 Å². The third-order valence-corrected chi connectivity index (χ3v) is 7.42. The number of rotatable bonds is 4. The van der Waals surface area contributed by atoms with Crippen LogP contribution in [0.3, 0.4) is 0 Å². The van der Waals surface area contributed by atoms with Crippen LogP contribution in [0.15, 0.2) is 68.2 Å². The average Bonchev–Trinajstić information content (AvgIpc) is 2.48. The van der Waals surface area contributed by atoms with Crippen LogP contribution < -0.4 is 0 Å². The first-order chi connectivity index (χ1) is 10.3. The van der Waals surface area contributed by atoms with Crippen LogP contribution >= 0.6 is 0 Å². The topological polar surface area (TPSA) is 63.6 Å². The Labute approximate surface area is 130 Å². The highest BCUT2D eigenvalue weighted by Gasteiger charge is 2.26. The fourth-order valence-corrected chi connectivity index (χ4v) is 5.54. The van der Waals surface area contributed by atoms with Crippen LogP contribution in [0.1, 0.15) is 12.5 Å². The van der Waals surface area contributed by atoms with E-state index in [1.54, 1.807) is 30.3 Å². The summed E-state index contributed by atoms with van der Waals surface area (Å²) >= 11 is 0. The molecule has 0 aliphatic heterocycles. The molecule has 0 radical (unpaired) electrons. The molecule has 0 N–H and O–H groups in total. The van der Waals surface area contributed by atoms with E-state index in [2.05, 4.69) is 3.77 Å². The van der Waals surface area contributed by atoms with Gasteiger partial charge in [-0.3, -0.25) is 0 Å². The van der Waals surface area contributed by atoms with Crippen molar-refractivity contribution in [3.05, 3.63) is 60.2 Å². The van der Waals surface area contributed by atoms with Crippen LogP contribution in [-0.2, 0) is 19.8 Å². The van der Waals surface area contributed by atoms with E-state index in [4.69, 9.17) is 0 Å². The van der Waals surface area contributed by atoms with Gasteiger partial charge in [-0.25, -0.2) is 8.60 Å². The van der Waals surface area contributed by atoms with Gasteiger partial charge in [0.2, 0.25) is 0 Å². The highest BCUT2D eigenvalue weighted by molar-refractivity contribution is 8.03. The Morgan fingerprint density at radius 3 is 1.95 bits per heavy atom. The summed E-state index contributed by atoms with van der Waals surface area (Å²) in [6.07, 6.45) is 0. The van der Waals surface area contributed by atoms with E-state index in [9.17, 15) is 17.0 Å². The van der Waals surface area contributed by atoms with Gasteiger partial charge in [-0.1, -0.05) is 39.7 Å². The van der Waals surface area contributed by atoms with Gasteiger partial charge in [-0.2, -0.15) is 8.42 Å². The monoisotopic (exact) mass is 341 g/mol. The van der Waals surface area contributed by atoms with Gasteiger partial charge in [-0.15, -0.1) is 0 Å². The molecule has 0 spiro atoms. The lowest BCUT2D eigenvalue weighted by molar-refractivity contribution is 0.464. The summed E-state index contributed by atoms with van der Waals surface area (Å²) in [6, 6.07) is 13.5. The Morgan fingerprint density at radius 2 is 1.45 bits per heavy atom. The van der Waals surface area contributed by atoms with Gasteiger partial charge in [0, 0.05) is 0 Å². The predicted octanol–water partition coefficient (Wildman–Crippen LogP) is 3.53. The molecule has 0 unspecified atom stereocenters. The minimum Gasteiger partial charge on any atom is -0.241 e. The highest BCUT2D eigenvalue weighted by atomic mass is 32.3. The number of alkyl halides is 1. The van der Waals surface area contributed by atoms with Crippen molar-refractivity contribution in [2.24, 2.45) is 3.77 Å². The lowest BCUT2D eigenvalue weighted by Crippen LogP contribution is -2.15. The van der Waals surface area contributed by atoms with E-state index in [0.717, 1.165) is 12.5 Å². The maximum Gasteiger partial charge on any atom is 0.290 e. The molecule has 0 fully saturated rings. The second-order valence-electron chi connectivity index (χ2n) is 4.79. The summed E-state index contributed by atoms with van der Waals surface area (Å²) in [4.78, 5) is -0.0527. The molecule has 7 heteroatoms. The minimum absolute atomic E-state index is 0.0562. The quantitative estimate of drug-likeness (QED) is 0.854.